The van der Waals surface area contributed by atoms with Gasteiger partial charge in [-0.05, 0) is 43.9 Å². The molecule has 9 nitrogen and oxygen atoms in total. The predicted octanol–water partition coefficient (Wildman–Crippen LogP) is 2.57. The molecule has 0 saturated carbocycles. The van der Waals surface area contributed by atoms with E-state index in [1.54, 1.807) is 18.8 Å². The molecule has 0 bridgehead atoms. The van der Waals surface area contributed by atoms with E-state index in [1.165, 1.54) is 6.20 Å². The maximum Gasteiger partial charge on any atom is 0.314 e. The number of nitrogens with zero attached hydrogens (tertiary/aromatic N) is 3. The number of anilines is 3. The molecule has 30 heavy (non-hydrogen) atoms. The van der Waals surface area contributed by atoms with Gasteiger partial charge in [0.25, 0.3) is 5.91 Å². The summed E-state index contributed by atoms with van der Waals surface area (Å²) in [6.45, 7) is 5.19. The van der Waals surface area contributed by atoms with Crippen LogP contribution in [0.4, 0.5) is 22.1 Å². The fraction of sp³-hybridized carbons (Fsp3) is 0.400. The second kappa shape index (κ2) is 11.2. The number of hydrogen-bond acceptors (Lipinski definition) is 7. The SMILES string of the molecule is CCCN(c1cnc(C(N)=O)c(Nc2ccc(SC)cc2)n1)C(C)CNC(=O)NC. The lowest BCUT2D eigenvalue weighted by atomic mass is 10.2. The lowest BCUT2D eigenvalue weighted by Gasteiger charge is -2.30. The molecule has 1 heterocycles. The number of aromatic nitrogens is 2. The van der Waals surface area contributed by atoms with Crippen molar-refractivity contribution < 1.29 is 9.59 Å². The van der Waals surface area contributed by atoms with E-state index >= 15 is 0 Å². The zero-order chi connectivity index (χ0) is 22.1. The van der Waals surface area contributed by atoms with Gasteiger partial charge in [-0.2, -0.15) is 0 Å². The highest BCUT2D eigenvalue weighted by atomic mass is 32.2. The van der Waals surface area contributed by atoms with E-state index in [0.29, 0.717) is 24.7 Å². The number of hydrogen-bond donors (Lipinski definition) is 4. The van der Waals surface area contributed by atoms with E-state index in [2.05, 4.69) is 32.8 Å². The third-order valence-corrected chi connectivity index (χ3v) is 5.17. The van der Waals surface area contributed by atoms with E-state index in [9.17, 15) is 9.59 Å². The largest absolute Gasteiger partial charge is 0.364 e. The minimum Gasteiger partial charge on any atom is -0.364 e. The van der Waals surface area contributed by atoms with Crippen molar-refractivity contribution in [2.75, 3.05) is 36.6 Å². The average Bonchev–Trinajstić information content (AvgIpc) is 2.75. The highest BCUT2D eigenvalue weighted by Crippen LogP contribution is 2.24. The first-order valence-corrected chi connectivity index (χ1v) is 10.9. The van der Waals surface area contributed by atoms with Crippen LogP contribution in [0, 0.1) is 0 Å². The number of carbonyl (C=O) groups excluding carboxylic acids is 2. The van der Waals surface area contributed by atoms with Crippen LogP contribution in [-0.4, -0.2) is 54.3 Å². The maximum absolute atomic E-state index is 11.9. The number of benzene rings is 1. The molecular formula is C20H29N7O2S. The summed E-state index contributed by atoms with van der Waals surface area (Å²) in [7, 11) is 1.57. The first kappa shape index (κ1) is 23.3. The molecule has 0 saturated heterocycles. The standard InChI is InChI=1S/C20H29N7O2S/c1-5-10-27(13(2)11-24-20(29)22-3)16-12-23-17(18(21)28)19(26-16)25-14-6-8-15(30-4)9-7-14/h6-9,12-13H,5,10-11H2,1-4H3,(H2,21,28)(H,25,26)(H2,22,24,29). The lowest BCUT2D eigenvalue weighted by molar-refractivity contribution is 0.0996. The van der Waals surface area contributed by atoms with E-state index in [0.717, 1.165) is 17.0 Å². The van der Waals surface area contributed by atoms with Crippen molar-refractivity contribution in [1.82, 2.24) is 20.6 Å². The van der Waals surface area contributed by atoms with Crippen molar-refractivity contribution in [2.45, 2.75) is 31.2 Å². The molecule has 162 valence electrons. The Kier molecular flexibility index (Phi) is 8.72. The number of thioether (sulfide) groups is 1. The van der Waals surface area contributed by atoms with Crippen molar-refractivity contribution in [2.24, 2.45) is 5.73 Å². The topological polar surface area (TPSA) is 125 Å². The second-order valence-electron chi connectivity index (χ2n) is 6.65. The number of nitrogens with two attached hydrogens (primary N) is 1. The Morgan fingerprint density at radius 1 is 1.27 bits per heavy atom. The second-order valence-corrected chi connectivity index (χ2v) is 7.53. The van der Waals surface area contributed by atoms with Crippen LogP contribution in [0.25, 0.3) is 0 Å². The monoisotopic (exact) mass is 431 g/mol. The van der Waals surface area contributed by atoms with Crippen LogP contribution in [0.5, 0.6) is 0 Å². The zero-order valence-corrected chi connectivity index (χ0v) is 18.5. The van der Waals surface area contributed by atoms with Gasteiger partial charge in [-0.15, -0.1) is 11.8 Å². The van der Waals surface area contributed by atoms with Crippen molar-refractivity contribution in [3.63, 3.8) is 0 Å². The summed E-state index contributed by atoms with van der Waals surface area (Å²) in [4.78, 5) is 35.5. The molecule has 1 aromatic carbocycles. The van der Waals surface area contributed by atoms with Crippen LogP contribution in [0.2, 0.25) is 0 Å². The van der Waals surface area contributed by atoms with Gasteiger partial charge in [0.15, 0.2) is 11.5 Å². The Morgan fingerprint density at radius 3 is 2.53 bits per heavy atom. The smallest absolute Gasteiger partial charge is 0.314 e. The molecule has 0 aliphatic carbocycles. The molecule has 1 aromatic heterocycles. The molecule has 0 spiro atoms. The molecule has 2 aromatic rings. The summed E-state index contributed by atoms with van der Waals surface area (Å²) in [6.07, 6.45) is 4.42. The summed E-state index contributed by atoms with van der Waals surface area (Å²) in [5, 5.41) is 8.49. The number of nitrogens with one attached hydrogen (secondary N) is 3. The Bertz CT molecular complexity index is 861. The number of primary amides is 1. The van der Waals surface area contributed by atoms with E-state index in [-0.39, 0.29) is 17.8 Å². The van der Waals surface area contributed by atoms with Crippen LogP contribution < -0.4 is 26.6 Å². The minimum atomic E-state index is -0.659. The van der Waals surface area contributed by atoms with Gasteiger partial charge >= 0.3 is 6.03 Å². The average molecular weight is 432 g/mol. The summed E-state index contributed by atoms with van der Waals surface area (Å²) >= 11 is 1.64. The molecule has 0 fully saturated rings. The molecule has 1 unspecified atom stereocenters. The van der Waals surface area contributed by atoms with Gasteiger partial charge in [0.1, 0.15) is 5.82 Å². The minimum absolute atomic E-state index is 0.0373. The molecule has 3 amide bonds. The number of carbonyl (C=O) groups is 2. The van der Waals surface area contributed by atoms with Gasteiger partial charge in [-0.25, -0.2) is 14.8 Å². The van der Waals surface area contributed by atoms with Crippen LogP contribution >= 0.6 is 11.8 Å². The van der Waals surface area contributed by atoms with E-state index < -0.39 is 5.91 Å². The normalized spacial score (nSPS) is 11.5. The Balaban J connectivity index is 2.32. The van der Waals surface area contributed by atoms with Gasteiger partial charge < -0.3 is 26.6 Å². The van der Waals surface area contributed by atoms with Crippen molar-refractivity contribution in [3.8, 4) is 0 Å². The fourth-order valence-corrected chi connectivity index (χ4v) is 3.25. The van der Waals surface area contributed by atoms with Gasteiger partial charge in [-0.3, -0.25) is 4.79 Å². The van der Waals surface area contributed by atoms with Crippen molar-refractivity contribution >= 4 is 41.0 Å². The Labute approximate surface area is 181 Å². The van der Waals surface area contributed by atoms with Crippen LogP contribution in [-0.2, 0) is 0 Å². The maximum atomic E-state index is 11.9. The number of rotatable bonds is 10. The van der Waals surface area contributed by atoms with Crippen LogP contribution in [0.1, 0.15) is 30.8 Å². The first-order chi connectivity index (χ1) is 14.4. The van der Waals surface area contributed by atoms with Gasteiger partial charge in [0, 0.05) is 36.8 Å². The third-order valence-electron chi connectivity index (χ3n) is 4.42. The van der Waals surface area contributed by atoms with Crippen LogP contribution in [0.15, 0.2) is 35.4 Å². The predicted molar refractivity (Wildman–Crippen MR) is 122 cm³/mol. The molecule has 0 aliphatic rings. The van der Waals surface area contributed by atoms with E-state index in [1.807, 2.05) is 42.3 Å². The highest BCUT2D eigenvalue weighted by Gasteiger charge is 2.20. The summed E-state index contributed by atoms with van der Waals surface area (Å²) < 4.78 is 0. The van der Waals surface area contributed by atoms with E-state index in [4.69, 9.17) is 5.73 Å². The molecule has 5 N–H and O–H groups in total. The van der Waals surface area contributed by atoms with Crippen molar-refractivity contribution in [3.05, 3.63) is 36.2 Å². The number of amides is 3. The van der Waals surface area contributed by atoms with Gasteiger partial charge in [-0.1, -0.05) is 6.92 Å². The first-order valence-electron chi connectivity index (χ1n) is 9.69. The molecule has 1 atom stereocenters. The Morgan fingerprint density at radius 2 is 1.97 bits per heavy atom. The summed E-state index contributed by atoms with van der Waals surface area (Å²) in [5.41, 5.74) is 6.35. The number of urea groups is 1. The molecule has 2 rings (SSSR count). The molecule has 0 aliphatic heterocycles. The lowest BCUT2D eigenvalue weighted by Crippen LogP contribution is -2.45. The Hall–Kier alpha value is -3.01. The third kappa shape index (κ3) is 6.24. The fourth-order valence-electron chi connectivity index (χ4n) is 2.84. The zero-order valence-electron chi connectivity index (χ0n) is 17.7. The molecule has 10 heteroatoms. The highest BCUT2D eigenvalue weighted by molar-refractivity contribution is 7.98. The van der Waals surface area contributed by atoms with Crippen LogP contribution in [0.3, 0.4) is 0 Å². The molecule has 0 radical (unpaired) electrons. The van der Waals surface area contributed by atoms with Gasteiger partial charge in [0.05, 0.1) is 6.20 Å². The van der Waals surface area contributed by atoms with Crippen molar-refractivity contribution in [1.29, 1.82) is 0 Å². The molecular weight excluding hydrogens is 402 g/mol. The summed E-state index contributed by atoms with van der Waals surface area (Å²) in [5.74, 6) is 0.231. The van der Waals surface area contributed by atoms with Gasteiger partial charge in [0.2, 0.25) is 0 Å². The summed E-state index contributed by atoms with van der Waals surface area (Å²) in [6, 6.07) is 7.48. The quantitative estimate of drug-likeness (QED) is 0.426.